The highest BCUT2D eigenvalue weighted by Crippen LogP contribution is 2.37. The Morgan fingerprint density at radius 3 is 2.73 bits per heavy atom. The smallest absolute Gasteiger partial charge is 0.293 e. The standard InChI is InChI=1S/C30H34N8O3/c1-16(2)38-17(3)21(15-32-38)25-34-24-19(11-12-31-26(24)35-25)18-9-10-20-22(8-7-13-40-23(20)14-18)33-28(39)27-36-29(41-37-27)30(4,5)6/h9-12,14-16,22H,7-8,13H2,1-6H3,(H,33,39)(H,31,34,35)/t22-/m1/s1. The van der Waals surface area contributed by atoms with Gasteiger partial charge in [-0.25, -0.2) is 9.97 Å². The average Bonchev–Trinajstić information content (AvgIpc) is 3.65. The first-order chi connectivity index (χ1) is 19.6. The van der Waals surface area contributed by atoms with Crippen LogP contribution in [0.4, 0.5) is 0 Å². The van der Waals surface area contributed by atoms with E-state index in [1.54, 1.807) is 6.20 Å². The monoisotopic (exact) mass is 554 g/mol. The van der Waals surface area contributed by atoms with Crippen molar-refractivity contribution in [1.82, 2.24) is 40.2 Å². The molecule has 6 rings (SSSR count). The van der Waals surface area contributed by atoms with Gasteiger partial charge in [0.1, 0.15) is 11.6 Å². The first-order valence-corrected chi connectivity index (χ1v) is 13.9. The Bertz CT molecular complexity index is 1740. The van der Waals surface area contributed by atoms with Crippen LogP contribution in [0.25, 0.3) is 33.7 Å². The quantitative estimate of drug-likeness (QED) is 0.282. The Kier molecular flexibility index (Phi) is 6.59. The molecule has 0 spiro atoms. The number of ether oxygens (including phenoxy) is 1. The van der Waals surface area contributed by atoms with Gasteiger partial charge in [-0.2, -0.15) is 10.1 Å². The van der Waals surface area contributed by atoms with E-state index in [1.165, 1.54) is 0 Å². The van der Waals surface area contributed by atoms with Gasteiger partial charge < -0.3 is 19.6 Å². The van der Waals surface area contributed by atoms with Gasteiger partial charge in [0, 0.05) is 34.5 Å². The Labute approximate surface area is 237 Å². The van der Waals surface area contributed by atoms with Crippen LogP contribution in [0.15, 0.2) is 41.2 Å². The third-order valence-electron chi connectivity index (χ3n) is 7.35. The number of amides is 1. The molecule has 0 fully saturated rings. The highest BCUT2D eigenvalue weighted by Gasteiger charge is 2.28. The van der Waals surface area contributed by atoms with Crippen molar-refractivity contribution in [3.8, 4) is 28.3 Å². The highest BCUT2D eigenvalue weighted by molar-refractivity contribution is 5.92. The second kappa shape index (κ2) is 10.1. The number of aromatic nitrogens is 7. The number of rotatable bonds is 5. The third-order valence-corrected chi connectivity index (χ3v) is 7.35. The SMILES string of the molecule is Cc1c(-c2nc3nccc(-c4ccc5c(c4)OCCC[C@H]5NC(=O)c4noc(C(C)(C)C)n4)c3[nH]2)cnn1C(C)C. The Balaban J connectivity index is 1.31. The fourth-order valence-corrected chi connectivity index (χ4v) is 5.19. The fourth-order valence-electron chi connectivity index (χ4n) is 5.19. The van der Waals surface area contributed by atoms with E-state index < -0.39 is 0 Å². The summed E-state index contributed by atoms with van der Waals surface area (Å²) < 4.78 is 13.5. The molecular formula is C30H34N8O3. The molecule has 11 heteroatoms. The summed E-state index contributed by atoms with van der Waals surface area (Å²) in [5.41, 5.74) is 5.94. The van der Waals surface area contributed by atoms with Crippen molar-refractivity contribution in [3.63, 3.8) is 0 Å². The maximum Gasteiger partial charge on any atom is 0.293 e. The highest BCUT2D eigenvalue weighted by atomic mass is 16.5. The van der Waals surface area contributed by atoms with Crippen molar-refractivity contribution >= 4 is 17.1 Å². The van der Waals surface area contributed by atoms with Crippen molar-refractivity contribution in [2.24, 2.45) is 0 Å². The Morgan fingerprint density at radius 2 is 2.00 bits per heavy atom. The number of imidazole rings is 1. The molecule has 1 aromatic carbocycles. The molecule has 1 aliphatic rings. The van der Waals surface area contributed by atoms with Crippen LogP contribution in [0, 0.1) is 6.92 Å². The molecule has 0 saturated carbocycles. The normalized spacial score (nSPS) is 15.5. The van der Waals surface area contributed by atoms with Crippen LogP contribution in [-0.2, 0) is 5.41 Å². The molecule has 0 aliphatic carbocycles. The van der Waals surface area contributed by atoms with Crippen molar-refractivity contribution in [2.75, 3.05) is 6.61 Å². The number of nitrogens with zero attached hydrogens (tertiary/aromatic N) is 6. The van der Waals surface area contributed by atoms with E-state index in [0.29, 0.717) is 18.1 Å². The van der Waals surface area contributed by atoms with Crippen LogP contribution in [0.3, 0.4) is 0 Å². The second-order valence-corrected chi connectivity index (χ2v) is 11.8. The molecule has 212 valence electrons. The number of H-pyrrole nitrogens is 1. The number of fused-ring (bicyclic) bond motifs is 2. The van der Waals surface area contributed by atoms with Gasteiger partial charge in [-0.15, -0.1) is 0 Å². The molecule has 0 bridgehead atoms. The summed E-state index contributed by atoms with van der Waals surface area (Å²) in [6.45, 7) is 12.7. The molecule has 0 saturated heterocycles. The minimum Gasteiger partial charge on any atom is -0.493 e. The molecule has 5 heterocycles. The number of benzene rings is 1. The van der Waals surface area contributed by atoms with E-state index in [9.17, 15) is 4.79 Å². The van der Waals surface area contributed by atoms with E-state index in [4.69, 9.17) is 14.2 Å². The zero-order chi connectivity index (χ0) is 28.9. The number of hydrogen-bond acceptors (Lipinski definition) is 8. The summed E-state index contributed by atoms with van der Waals surface area (Å²) in [6.07, 6.45) is 5.13. The lowest BCUT2D eigenvalue weighted by Crippen LogP contribution is -2.29. The van der Waals surface area contributed by atoms with E-state index >= 15 is 0 Å². The van der Waals surface area contributed by atoms with E-state index in [1.807, 2.05) is 62.8 Å². The van der Waals surface area contributed by atoms with Gasteiger partial charge in [-0.1, -0.05) is 38.1 Å². The zero-order valence-corrected chi connectivity index (χ0v) is 24.1. The lowest BCUT2D eigenvalue weighted by Gasteiger charge is -2.18. The predicted molar refractivity (Wildman–Crippen MR) is 154 cm³/mol. The van der Waals surface area contributed by atoms with Gasteiger partial charge in [0.05, 0.1) is 29.9 Å². The summed E-state index contributed by atoms with van der Waals surface area (Å²) in [7, 11) is 0. The number of hydrogen-bond donors (Lipinski definition) is 2. The Morgan fingerprint density at radius 1 is 1.17 bits per heavy atom. The molecule has 0 radical (unpaired) electrons. The van der Waals surface area contributed by atoms with Crippen molar-refractivity contribution in [3.05, 3.63) is 59.6 Å². The molecule has 41 heavy (non-hydrogen) atoms. The average molecular weight is 555 g/mol. The third kappa shape index (κ3) is 4.96. The van der Waals surface area contributed by atoms with Crippen LogP contribution in [0.5, 0.6) is 5.75 Å². The van der Waals surface area contributed by atoms with Crippen LogP contribution in [0.2, 0.25) is 0 Å². The Hall–Kier alpha value is -4.54. The summed E-state index contributed by atoms with van der Waals surface area (Å²) in [5, 5.41) is 11.5. The van der Waals surface area contributed by atoms with Crippen molar-refractivity contribution in [1.29, 1.82) is 0 Å². The lowest BCUT2D eigenvalue weighted by atomic mass is 9.97. The molecular weight excluding hydrogens is 520 g/mol. The molecule has 5 aromatic rings. The first-order valence-electron chi connectivity index (χ1n) is 13.9. The second-order valence-electron chi connectivity index (χ2n) is 11.8. The molecule has 1 atom stereocenters. The molecule has 1 amide bonds. The number of pyridine rings is 1. The van der Waals surface area contributed by atoms with Gasteiger partial charge in [-0.3, -0.25) is 9.48 Å². The number of aromatic amines is 1. The summed E-state index contributed by atoms with van der Waals surface area (Å²) >= 11 is 0. The maximum atomic E-state index is 13.0. The minimum absolute atomic E-state index is 0.0293. The zero-order valence-electron chi connectivity index (χ0n) is 24.1. The predicted octanol–water partition coefficient (Wildman–Crippen LogP) is 5.70. The van der Waals surface area contributed by atoms with Crippen LogP contribution in [-0.4, -0.2) is 47.4 Å². The fraction of sp³-hybridized carbons (Fsp3) is 0.400. The number of carbonyl (C=O) groups is 1. The molecule has 2 N–H and O–H groups in total. The maximum absolute atomic E-state index is 13.0. The largest absolute Gasteiger partial charge is 0.493 e. The van der Waals surface area contributed by atoms with Gasteiger partial charge >= 0.3 is 0 Å². The van der Waals surface area contributed by atoms with Crippen LogP contribution >= 0.6 is 0 Å². The van der Waals surface area contributed by atoms with Gasteiger partial charge in [0.25, 0.3) is 11.7 Å². The first kappa shape index (κ1) is 26.7. The summed E-state index contributed by atoms with van der Waals surface area (Å²) in [6, 6.07) is 8.04. The van der Waals surface area contributed by atoms with Crippen molar-refractivity contribution < 1.29 is 14.1 Å². The summed E-state index contributed by atoms with van der Waals surface area (Å²) in [4.78, 5) is 30.1. The van der Waals surface area contributed by atoms with E-state index in [-0.39, 0.29) is 29.2 Å². The molecule has 11 nitrogen and oxygen atoms in total. The van der Waals surface area contributed by atoms with Gasteiger partial charge in [-0.05, 0) is 51.3 Å². The molecule has 4 aromatic heterocycles. The van der Waals surface area contributed by atoms with E-state index in [0.717, 1.165) is 57.9 Å². The lowest BCUT2D eigenvalue weighted by molar-refractivity contribution is 0.0921. The number of carbonyl (C=O) groups excluding carboxylic acids is 1. The topological polar surface area (TPSA) is 137 Å². The van der Waals surface area contributed by atoms with Crippen molar-refractivity contribution in [2.45, 2.75) is 71.9 Å². The molecule has 1 aliphatic heterocycles. The van der Waals surface area contributed by atoms with Crippen LogP contribution in [0.1, 0.15) is 87.3 Å². The van der Waals surface area contributed by atoms with Gasteiger partial charge in [0.2, 0.25) is 5.89 Å². The van der Waals surface area contributed by atoms with Crippen LogP contribution < -0.4 is 10.1 Å². The number of nitrogens with one attached hydrogen (secondary N) is 2. The molecule has 0 unspecified atom stereocenters. The minimum atomic E-state index is -0.372. The summed E-state index contributed by atoms with van der Waals surface area (Å²) in [5.74, 6) is 1.54. The van der Waals surface area contributed by atoms with Gasteiger partial charge in [0.15, 0.2) is 5.65 Å². The van der Waals surface area contributed by atoms with E-state index in [2.05, 4.69) is 44.4 Å².